The average Bonchev–Trinajstić information content (AvgIpc) is 2.92. The molecule has 3 rings (SSSR count). The van der Waals surface area contributed by atoms with E-state index in [0.29, 0.717) is 17.1 Å². The maximum Gasteiger partial charge on any atom is 0.244 e. The summed E-state index contributed by atoms with van der Waals surface area (Å²) in [6.45, 7) is 1.65. The summed E-state index contributed by atoms with van der Waals surface area (Å²) in [5.74, 6) is -1.05. The van der Waals surface area contributed by atoms with Gasteiger partial charge in [0.1, 0.15) is 12.6 Å². The monoisotopic (exact) mass is 691 g/mol. The number of rotatable bonds is 13. The van der Waals surface area contributed by atoms with Gasteiger partial charge in [-0.1, -0.05) is 108 Å². The molecule has 0 radical (unpaired) electrons. The highest BCUT2D eigenvalue weighted by Crippen LogP contribution is 2.36. The van der Waals surface area contributed by atoms with Gasteiger partial charge in [0.25, 0.3) is 0 Å². The molecule has 1 unspecified atom stereocenters. The molecule has 0 aliphatic carbocycles. The van der Waals surface area contributed by atoms with Gasteiger partial charge in [0.2, 0.25) is 21.8 Å². The van der Waals surface area contributed by atoms with Crippen molar-refractivity contribution in [3.8, 4) is 0 Å². The first kappa shape index (κ1) is 34.3. The number of nitrogens with one attached hydrogen (secondary N) is 1. The fraction of sp³-hybridized carbons (Fsp3) is 0.310. The molecule has 3 aromatic rings. The van der Waals surface area contributed by atoms with E-state index in [1.54, 1.807) is 12.1 Å². The second-order valence-corrected chi connectivity index (χ2v) is 13.6. The fourth-order valence-electron chi connectivity index (χ4n) is 4.19. The van der Waals surface area contributed by atoms with Crippen molar-refractivity contribution >= 4 is 85.5 Å². The molecule has 0 saturated heterocycles. The first-order valence-electron chi connectivity index (χ1n) is 13.0. The normalized spacial score (nSPS) is 12.1. The van der Waals surface area contributed by atoms with E-state index in [1.165, 1.54) is 23.1 Å². The number of carbonyl (C=O) groups is 2. The summed E-state index contributed by atoms with van der Waals surface area (Å²) in [6.07, 6.45) is 2.72. The summed E-state index contributed by atoms with van der Waals surface area (Å²) < 4.78 is 26.8. The van der Waals surface area contributed by atoms with Crippen LogP contribution in [0.5, 0.6) is 0 Å². The highest BCUT2D eigenvalue weighted by Gasteiger charge is 2.34. The molecule has 13 heteroatoms. The molecular weight excluding hydrogens is 664 g/mol. The van der Waals surface area contributed by atoms with Crippen molar-refractivity contribution in [3.63, 3.8) is 0 Å². The standard InChI is InChI=1S/C29H30Cl5N3O4S/c1-3-4-12-35-29(39)27(13-19-8-6-5-7-9-19)36(17-20-10-11-21(30)14-22(20)31)28(38)18-37(42(2,40)41)26-16-24(33)23(32)15-25(26)34/h5-11,14-16,27H,3-4,12-13,17-18H2,1-2H3,(H,35,39). The number of hydrogen-bond donors (Lipinski definition) is 1. The van der Waals surface area contributed by atoms with Gasteiger partial charge in [0.15, 0.2) is 0 Å². The van der Waals surface area contributed by atoms with Crippen molar-refractivity contribution in [2.45, 2.75) is 38.8 Å². The van der Waals surface area contributed by atoms with Crippen LogP contribution in [0.1, 0.15) is 30.9 Å². The van der Waals surface area contributed by atoms with Crippen LogP contribution < -0.4 is 9.62 Å². The van der Waals surface area contributed by atoms with Gasteiger partial charge in [0.05, 0.1) is 27.0 Å². The van der Waals surface area contributed by atoms with Crippen molar-refractivity contribution < 1.29 is 18.0 Å². The minimum Gasteiger partial charge on any atom is -0.354 e. The Morgan fingerprint density at radius 3 is 2.17 bits per heavy atom. The summed E-state index contributed by atoms with van der Waals surface area (Å²) in [5, 5.41) is 3.76. The van der Waals surface area contributed by atoms with Crippen LogP contribution in [-0.4, -0.2) is 50.5 Å². The summed E-state index contributed by atoms with van der Waals surface area (Å²) in [4.78, 5) is 29.1. The van der Waals surface area contributed by atoms with E-state index in [4.69, 9.17) is 58.0 Å². The van der Waals surface area contributed by atoms with Crippen LogP contribution in [0.2, 0.25) is 25.1 Å². The minimum atomic E-state index is -4.05. The topological polar surface area (TPSA) is 86.8 Å². The van der Waals surface area contributed by atoms with Gasteiger partial charge in [-0.3, -0.25) is 13.9 Å². The third kappa shape index (κ3) is 9.40. The first-order valence-corrected chi connectivity index (χ1v) is 16.7. The second kappa shape index (κ2) is 15.5. The van der Waals surface area contributed by atoms with Crippen LogP contribution in [0.4, 0.5) is 5.69 Å². The zero-order chi connectivity index (χ0) is 31.0. The quantitative estimate of drug-likeness (QED) is 0.151. The lowest BCUT2D eigenvalue weighted by molar-refractivity contribution is -0.140. The lowest BCUT2D eigenvalue weighted by atomic mass is 10.0. The molecule has 0 spiro atoms. The molecule has 0 bridgehead atoms. The molecule has 0 saturated carbocycles. The van der Waals surface area contributed by atoms with Gasteiger partial charge in [-0.05, 0) is 41.8 Å². The van der Waals surface area contributed by atoms with Gasteiger partial charge in [-0.15, -0.1) is 0 Å². The van der Waals surface area contributed by atoms with Crippen molar-refractivity contribution in [1.82, 2.24) is 10.2 Å². The number of carbonyl (C=O) groups excluding carboxylic acids is 2. The van der Waals surface area contributed by atoms with E-state index in [1.807, 2.05) is 37.3 Å². The number of hydrogen-bond acceptors (Lipinski definition) is 4. The van der Waals surface area contributed by atoms with E-state index in [9.17, 15) is 18.0 Å². The molecule has 7 nitrogen and oxygen atoms in total. The van der Waals surface area contributed by atoms with E-state index in [0.717, 1.165) is 29.0 Å². The maximum absolute atomic E-state index is 14.2. The molecule has 42 heavy (non-hydrogen) atoms. The van der Waals surface area contributed by atoms with E-state index in [-0.39, 0.29) is 44.7 Å². The van der Waals surface area contributed by atoms with Gasteiger partial charge >= 0.3 is 0 Å². The molecule has 2 amide bonds. The van der Waals surface area contributed by atoms with E-state index < -0.39 is 28.5 Å². The lowest BCUT2D eigenvalue weighted by Gasteiger charge is -2.34. The molecule has 0 fully saturated rings. The van der Waals surface area contributed by atoms with Crippen LogP contribution in [0.3, 0.4) is 0 Å². The molecule has 1 atom stereocenters. The Bertz CT molecular complexity index is 1520. The second-order valence-electron chi connectivity index (χ2n) is 9.59. The lowest BCUT2D eigenvalue weighted by Crippen LogP contribution is -2.53. The molecule has 0 aliphatic rings. The number of halogens is 5. The Hall–Kier alpha value is -2.20. The summed E-state index contributed by atoms with van der Waals surface area (Å²) >= 11 is 31.2. The molecule has 0 aliphatic heterocycles. The average molecular weight is 694 g/mol. The van der Waals surface area contributed by atoms with Crippen molar-refractivity contribution in [1.29, 1.82) is 0 Å². The number of anilines is 1. The highest BCUT2D eigenvalue weighted by atomic mass is 35.5. The Kier molecular flexibility index (Phi) is 12.7. The Morgan fingerprint density at radius 2 is 1.55 bits per heavy atom. The molecular formula is C29H30Cl5N3O4S. The van der Waals surface area contributed by atoms with Crippen LogP contribution >= 0.6 is 58.0 Å². The molecule has 226 valence electrons. The summed E-state index contributed by atoms with van der Waals surface area (Å²) in [5.41, 5.74) is 1.30. The van der Waals surface area contributed by atoms with Crippen LogP contribution in [0, 0.1) is 0 Å². The van der Waals surface area contributed by atoms with Crippen molar-refractivity contribution in [2.24, 2.45) is 0 Å². The Balaban J connectivity index is 2.10. The fourth-order valence-corrected chi connectivity index (χ4v) is 6.21. The number of amides is 2. The van der Waals surface area contributed by atoms with Crippen LogP contribution in [-0.2, 0) is 32.6 Å². The molecule has 0 heterocycles. The predicted octanol–water partition coefficient (Wildman–Crippen LogP) is 7.28. The highest BCUT2D eigenvalue weighted by molar-refractivity contribution is 7.92. The van der Waals surface area contributed by atoms with Gasteiger partial charge in [-0.2, -0.15) is 0 Å². The minimum absolute atomic E-state index is 0.0203. The van der Waals surface area contributed by atoms with Gasteiger partial charge < -0.3 is 10.2 Å². The number of nitrogens with zero attached hydrogens (tertiary/aromatic N) is 2. The van der Waals surface area contributed by atoms with Crippen LogP contribution in [0.25, 0.3) is 0 Å². The van der Waals surface area contributed by atoms with E-state index in [2.05, 4.69) is 5.32 Å². The summed E-state index contributed by atoms with van der Waals surface area (Å²) in [7, 11) is -4.05. The third-order valence-electron chi connectivity index (χ3n) is 6.39. The Labute approximate surface area is 271 Å². The molecule has 3 aromatic carbocycles. The zero-order valence-electron chi connectivity index (χ0n) is 22.9. The zero-order valence-corrected chi connectivity index (χ0v) is 27.5. The third-order valence-corrected chi connectivity index (χ3v) is 9.13. The van der Waals surface area contributed by atoms with Crippen molar-refractivity contribution in [3.05, 3.63) is 96.9 Å². The maximum atomic E-state index is 14.2. The number of unbranched alkanes of at least 4 members (excludes halogenated alkanes) is 1. The number of benzene rings is 3. The Morgan fingerprint density at radius 1 is 0.881 bits per heavy atom. The SMILES string of the molecule is CCCCNC(=O)C(Cc1ccccc1)N(Cc1ccc(Cl)cc1Cl)C(=O)CN(c1cc(Cl)c(Cl)cc1Cl)S(C)(=O)=O. The predicted molar refractivity (Wildman–Crippen MR) is 173 cm³/mol. The van der Waals surface area contributed by atoms with Gasteiger partial charge in [-0.25, -0.2) is 8.42 Å². The number of sulfonamides is 1. The smallest absolute Gasteiger partial charge is 0.244 e. The van der Waals surface area contributed by atoms with Gasteiger partial charge in [0, 0.05) is 29.6 Å². The van der Waals surface area contributed by atoms with Crippen molar-refractivity contribution in [2.75, 3.05) is 23.7 Å². The molecule has 0 aromatic heterocycles. The first-order chi connectivity index (χ1) is 19.8. The van der Waals surface area contributed by atoms with Crippen LogP contribution in [0.15, 0.2) is 60.7 Å². The molecule has 1 N–H and O–H groups in total. The van der Waals surface area contributed by atoms with E-state index >= 15 is 0 Å². The largest absolute Gasteiger partial charge is 0.354 e. The summed E-state index contributed by atoms with van der Waals surface area (Å²) in [6, 6.07) is 15.6.